The summed E-state index contributed by atoms with van der Waals surface area (Å²) < 4.78 is 0. The van der Waals surface area contributed by atoms with E-state index in [1.165, 1.54) is 18.9 Å². The van der Waals surface area contributed by atoms with Gasteiger partial charge in [0, 0.05) is 6.04 Å². The lowest BCUT2D eigenvalue weighted by molar-refractivity contribution is 0.0689. The first kappa shape index (κ1) is 11.8. The SMILES string of the molecule is CC1CCC(Nc2ccc(C(=O)O)nn2)CC1. The van der Waals surface area contributed by atoms with Gasteiger partial charge in [0.25, 0.3) is 0 Å². The van der Waals surface area contributed by atoms with E-state index in [1.54, 1.807) is 6.07 Å². The number of rotatable bonds is 3. The molecule has 0 aliphatic heterocycles. The van der Waals surface area contributed by atoms with Crippen LogP contribution >= 0.6 is 0 Å². The van der Waals surface area contributed by atoms with E-state index in [1.807, 2.05) is 0 Å². The Morgan fingerprint density at radius 3 is 2.53 bits per heavy atom. The number of aromatic carboxylic acids is 1. The summed E-state index contributed by atoms with van der Waals surface area (Å²) in [6.45, 7) is 2.28. The predicted molar refractivity (Wildman–Crippen MR) is 64.0 cm³/mol. The molecule has 1 heterocycles. The number of carbonyl (C=O) groups is 1. The Morgan fingerprint density at radius 1 is 1.29 bits per heavy atom. The van der Waals surface area contributed by atoms with Gasteiger partial charge in [-0.25, -0.2) is 4.79 Å². The molecule has 5 heteroatoms. The quantitative estimate of drug-likeness (QED) is 0.839. The Morgan fingerprint density at radius 2 is 2.00 bits per heavy atom. The largest absolute Gasteiger partial charge is 0.476 e. The van der Waals surface area contributed by atoms with Crippen molar-refractivity contribution in [2.75, 3.05) is 5.32 Å². The van der Waals surface area contributed by atoms with Crippen LogP contribution in [0, 0.1) is 5.92 Å². The van der Waals surface area contributed by atoms with Crippen molar-refractivity contribution in [1.82, 2.24) is 10.2 Å². The Balaban J connectivity index is 1.92. The monoisotopic (exact) mass is 235 g/mol. The topological polar surface area (TPSA) is 75.1 Å². The molecule has 1 saturated carbocycles. The smallest absolute Gasteiger partial charge is 0.356 e. The molecule has 2 rings (SSSR count). The molecule has 92 valence electrons. The van der Waals surface area contributed by atoms with Crippen LogP contribution in [0.3, 0.4) is 0 Å². The third-order valence-electron chi connectivity index (χ3n) is 3.25. The highest BCUT2D eigenvalue weighted by Gasteiger charge is 2.18. The van der Waals surface area contributed by atoms with E-state index in [4.69, 9.17) is 5.11 Å². The third-order valence-corrected chi connectivity index (χ3v) is 3.25. The van der Waals surface area contributed by atoms with E-state index >= 15 is 0 Å². The van der Waals surface area contributed by atoms with Crippen LogP contribution in [0.25, 0.3) is 0 Å². The average Bonchev–Trinajstić information content (AvgIpc) is 2.33. The van der Waals surface area contributed by atoms with Gasteiger partial charge in [0.2, 0.25) is 0 Å². The third kappa shape index (κ3) is 3.15. The van der Waals surface area contributed by atoms with Crippen LogP contribution in [0.2, 0.25) is 0 Å². The number of anilines is 1. The van der Waals surface area contributed by atoms with Gasteiger partial charge in [-0.15, -0.1) is 10.2 Å². The first-order valence-electron chi connectivity index (χ1n) is 5.98. The van der Waals surface area contributed by atoms with E-state index in [9.17, 15) is 4.79 Å². The Labute approximate surface area is 100 Å². The predicted octanol–water partition coefficient (Wildman–Crippen LogP) is 2.17. The van der Waals surface area contributed by atoms with Crippen molar-refractivity contribution in [3.8, 4) is 0 Å². The van der Waals surface area contributed by atoms with E-state index in [-0.39, 0.29) is 5.69 Å². The summed E-state index contributed by atoms with van der Waals surface area (Å²) in [5, 5.41) is 19.5. The molecule has 17 heavy (non-hydrogen) atoms. The van der Waals surface area contributed by atoms with Crippen LogP contribution in [0.5, 0.6) is 0 Å². The van der Waals surface area contributed by atoms with E-state index in [2.05, 4.69) is 22.4 Å². The fraction of sp³-hybridized carbons (Fsp3) is 0.583. The molecule has 0 bridgehead atoms. The Kier molecular flexibility index (Phi) is 3.56. The number of hydrogen-bond donors (Lipinski definition) is 2. The molecule has 1 aliphatic carbocycles. The molecule has 0 atom stereocenters. The Hall–Kier alpha value is -1.65. The van der Waals surface area contributed by atoms with Crippen molar-refractivity contribution in [3.63, 3.8) is 0 Å². The molecule has 1 aliphatic rings. The summed E-state index contributed by atoms with van der Waals surface area (Å²) in [5.41, 5.74) is -0.0205. The molecule has 0 spiro atoms. The second-order valence-electron chi connectivity index (χ2n) is 4.71. The molecule has 0 radical (unpaired) electrons. The van der Waals surface area contributed by atoms with Crippen LogP contribution in [0.15, 0.2) is 12.1 Å². The van der Waals surface area contributed by atoms with E-state index in [0.29, 0.717) is 11.9 Å². The van der Waals surface area contributed by atoms with Gasteiger partial charge in [-0.1, -0.05) is 6.92 Å². The van der Waals surface area contributed by atoms with Gasteiger partial charge in [0.05, 0.1) is 0 Å². The van der Waals surface area contributed by atoms with Crippen molar-refractivity contribution < 1.29 is 9.90 Å². The summed E-state index contributed by atoms with van der Waals surface area (Å²) in [5.74, 6) is 0.429. The minimum Gasteiger partial charge on any atom is -0.476 e. The van der Waals surface area contributed by atoms with E-state index in [0.717, 1.165) is 18.8 Å². The van der Waals surface area contributed by atoms with Crippen LogP contribution in [0.4, 0.5) is 5.82 Å². The van der Waals surface area contributed by atoms with Crippen molar-refractivity contribution >= 4 is 11.8 Å². The molecule has 1 aromatic heterocycles. The van der Waals surface area contributed by atoms with Crippen molar-refractivity contribution in [2.24, 2.45) is 5.92 Å². The molecule has 0 aromatic carbocycles. The van der Waals surface area contributed by atoms with Crippen LogP contribution in [-0.2, 0) is 0 Å². The van der Waals surface area contributed by atoms with Gasteiger partial charge in [-0.2, -0.15) is 0 Å². The minimum atomic E-state index is -1.05. The number of carboxylic acids is 1. The highest BCUT2D eigenvalue weighted by Crippen LogP contribution is 2.25. The van der Waals surface area contributed by atoms with Crippen molar-refractivity contribution in [2.45, 2.75) is 38.6 Å². The molecular formula is C12H17N3O2. The lowest BCUT2D eigenvalue weighted by Crippen LogP contribution is -2.25. The van der Waals surface area contributed by atoms with Crippen molar-refractivity contribution in [1.29, 1.82) is 0 Å². The van der Waals surface area contributed by atoms with Crippen molar-refractivity contribution in [3.05, 3.63) is 17.8 Å². The number of aromatic nitrogens is 2. The molecule has 0 unspecified atom stereocenters. The maximum Gasteiger partial charge on any atom is 0.356 e. The zero-order valence-electron chi connectivity index (χ0n) is 9.89. The van der Waals surface area contributed by atoms with Gasteiger partial charge < -0.3 is 10.4 Å². The zero-order valence-corrected chi connectivity index (χ0v) is 9.89. The van der Waals surface area contributed by atoms with Crippen LogP contribution < -0.4 is 5.32 Å². The maximum absolute atomic E-state index is 10.6. The molecule has 1 fully saturated rings. The zero-order chi connectivity index (χ0) is 12.3. The van der Waals surface area contributed by atoms with Gasteiger partial charge in [-0.3, -0.25) is 0 Å². The molecule has 2 N–H and O–H groups in total. The average molecular weight is 235 g/mol. The summed E-state index contributed by atoms with van der Waals surface area (Å²) in [6.07, 6.45) is 4.75. The summed E-state index contributed by atoms with van der Waals surface area (Å²) in [4.78, 5) is 10.6. The van der Waals surface area contributed by atoms with Crippen LogP contribution in [-0.4, -0.2) is 27.3 Å². The van der Waals surface area contributed by atoms with Gasteiger partial charge >= 0.3 is 5.97 Å². The van der Waals surface area contributed by atoms with Crippen LogP contribution in [0.1, 0.15) is 43.1 Å². The highest BCUT2D eigenvalue weighted by molar-refractivity contribution is 5.85. The minimum absolute atomic E-state index is 0.0205. The first-order valence-corrected chi connectivity index (χ1v) is 5.98. The fourth-order valence-electron chi connectivity index (χ4n) is 2.14. The molecule has 0 saturated heterocycles. The Bertz CT molecular complexity index is 383. The lowest BCUT2D eigenvalue weighted by atomic mass is 9.87. The number of hydrogen-bond acceptors (Lipinski definition) is 4. The maximum atomic E-state index is 10.6. The molecule has 1 aromatic rings. The standard InChI is InChI=1S/C12H17N3O2/c1-8-2-4-9(5-3-8)13-11-7-6-10(12(16)17)14-15-11/h6-9H,2-5H2,1H3,(H,13,15)(H,16,17). The van der Waals surface area contributed by atoms with Gasteiger partial charge in [-0.05, 0) is 43.7 Å². The molecule has 0 amide bonds. The second kappa shape index (κ2) is 5.12. The highest BCUT2D eigenvalue weighted by atomic mass is 16.4. The number of nitrogens with zero attached hydrogens (tertiary/aromatic N) is 2. The lowest BCUT2D eigenvalue weighted by Gasteiger charge is -2.27. The summed E-state index contributed by atoms with van der Waals surface area (Å²) in [6, 6.07) is 3.59. The molecule has 5 nitrogen and oxygen atoms in total. The van der Waals surface area contributed by atoms with E-state index < -0.39 is 5.97 Å². The summed E-state index contributed by atoms with van der Waals surface area (Å²) >= 11 is 0. The first-order chi connectivity index (χ1) is 8.15. The van der Waals surface area contributed by atoms with Gasteiger partial charge in [0.1, 0.15) is 5.82 Å². The summed E-state index contributed by atoms with van der Waals surface area (Å²) in [7, 11) is 0. The number of carboxylic acid groups (broad SMARTS) is 1. The fourth-order valence-corrected chi connectivity index (χ4v) is 2.14. The molecular weight excluding hydrogens is 218 g/mol. The van der Waals surface area contributed by atoms with Gasteiger partial charge in [0.15, 0.2) is 5.69 Å². The second-order valence-corrected chi connectivity index (χ2v) is 4.71. The normalized spacial score (nSPS) is 24.3. The number of nitrogens with one attached hydrogen (secondary N) is 1.